The number of hydrogen-bond donors (Lipinski definition) is 1. The number of carbonyl (C=O) groups excluding carboxylic acids is 1. The molecule has 1 aromatic carbocycles. The van der Waals surface area contributed by atoms with Gasteiger partial charge >= 0.3 is 0 Å². The van der Waals surface area contributed by atoms with Crippen LogP contribution in [0.2, 0.25) is 0 Å². The largest absolute Gasteiger partial charge is 0.497 e. The molecule has 2 aliphatic rings. The Morgan fingerprint density at radius 1 is 1.25 bits per heavy atom. The first-order valence-corrected chi connectivity index (χ1v) is 8.74. The van der Waals surface area contributed by atoms with E-state index >= 15 is 0 Å². The van der Waals surface area contributed by atoms with Crippen LogP contribution in [0.3, 0.4) is 0 Å². The lowest BCUT2D eigenvalue weighted by atomic mass is 10.2. The summed E-state index contributed by atoms with van der Waals surface area (Å²) in [5.41, 5.74) is 1.21. The highest BCUT2D eigenvalue weighted by Crippen LogP contribution is 2.20. The van der Waals surface area contributed by atoms with Gasteiger partial charge in [0.25, 0.3) is 0 Å². The lowest BCUT2D eigenvalue weighted by Gasteiger charge is -2.35. The summed E-state index contributed by atoms with van der Waals surface area (Å²) < 4.78 is 10.7. The molecule has 2 heterocycles. The van der Waals surface area contributed by atoms with Gasteiger partial charge in [0, 0.05) is 45.0 Å². The van der Waals surface area contributed by atoms with Crippen LogP contribution in [0.5, 0.6) is 5.75 Å². The quantitative estimate of drug-likeness (QED) is 0.845. The second kappa shape index (κ2) is 8.35. The number of ether oxygens (including phenoxy) is 2. The Balaban J connectivity index is 1.38. The molecule has 1 atom stereocenters. The average Bonchev–Trinajstić information content (AvgIpc) is 3.14. The van der Waals surface area contributed by atoms with E-state index in [9.17, 15) is 4.79 Å². The zero-order valence-electron chi connectivity index (χ0n) is 14.4. The lowest BCUT2D eigenvalue weighted by molar-refractivity contribution is -0.122. The van der Waals surface area contributed by atoms with Crippen molar-refractivity contribution in [3.8, 4) is 5.75 Å². The Kier molecular flexibility index (Phi) is 5.93. The summed E-state index contributed by atoms with van der Waals surface area (Å²) in [4.78, 5) is 16.6. The number of hydrogen-bond acceptors (Lipinski definition) is 5. The fourth-order valence-corrected chi connectivity index (χ4v) is 3.25. The highest BCUT2D eigenvalue weighted by atomic mass is 16.5. The van der Waals surface area contributed by atoms with E-state index in [1.165, 1.54) is 5.69 Å². The maximum absolute atomic E-state index is 12.1. The number of benzene rings is 1. The molecule has 0 aromatic heterocycles. The number of amides is 1. The molecule has 0 aliphatic carbocycles. The Bertz CT molecular complexity index is 521. The van der Waals surface area contributed by atoms with Crippen molar-refractivity contribution in [3.05, 3.63) is 24.3 Å². The third kappa shape index (κ3) is 4.61. The van der Waals surface area contributed by atoms with Gasteiger partial charge in [-0.15, -0.1) is 0 Å². The number of rotatable bonds is 6. The minimum Gasteiger partial charge on any atom is -0.497 e. The van der Waals surface area contributed by atoms with Crippen molar-refractivity contribution in [2.75, 3.05) is 57.9 Å². The maximum Gasteiger partial charge on any atom is 0.234 e. The van der Waals surface area contributed by atoms with Crippen LogP contribution in [0, 0.1) is 0 Å². The van der Waals surface area contributed by atoms with Crippen molar-refractivity contribution in [2.45, 2.75) is 18.9 Å². The molecule has 6 nitrogen and oxygen atoms in total. The predicted octanol–water partition coefficient (Wildman–Crippen LogP) is 1.11. The molecule has 0 saturated carbocycles. The molecular formula is C18H27N3O3. The summed E-state index contributed by atoms with van der Waals surface area (Å²) in [6.45, 7) is 5.62. The molecule has 0 spiro atoms. The van der Waals surface area contributed by atoms with Crippen LogP contribution in [0.15, 0.2) is 24.3 Å². The van der Waals surface area contributed by atoms with Crippen molar-refractivity contribution < 1.29 is 14.3 Å². The molecule has 2 saturated heterocycles. The van der Waals surface area contributed by atoms with Crippen molar-refractivity contribution in [1.82, 2.24) is 10.2 Å². The van der Waals surface area contributed by atoms with Gasteiger partial charge in [-0.1, -0.05) is 0 Å². The summed E-state index contributed by atoms with van der Waals surface area (Å²) in [6, 6.07) is 8.14. The van der Waals surface area contributed by atoms with Gasteiger partial charge in [-0.25, -0.2) is 0 Å². The summed E-state index contributed by atoms with van der Waals surface area (Å²) in [6.07, 6.45) is 2.37. The summed E-state index contributed by atoms with van der Waals surface area (Å²) in [7, 11) is 1.68. The van der Waals surface area contributed by atoms with E-state index in [0.717, 1.165) is 51.4 Å². The van der Waals surface area contributed by atoms with Crippen LogP contribution in [0.4, 0.5) is 5.69 Å². The number of methoxy groups -OCH3 is 1. The van der Waals surface area contributed by atoms with Crippen molar-refractivity contribution in [3.63, 3.8) is 0 Å². The van der Waals surface area contributed by atoms with Crippen LogP contribution < -0.4 is 15.0 Å². The molecule has 3 rings (SSSR count). The molecule has 2 aliphatic heterocycles. The Morgan fingerprint density at radius 2 is 2.00 bits per heavy atom. The third-order valence-corrected chi connectivity index (χ3v) is 4.73. The summed E-state index contributed by atoms with van der Waals surface area (Å²) in [5.74, 6) is 0.976. The first kappa shape index (κ1) is 17.0. The molecule has 1 N–H and O–H groups in total. The SMILES string of the molecule is COc1ccc(N2CCN(CC(=O)NC[C@H]3CCCO3)CC2)cc1. The standard InChI is InChI=1S/C18H27N3O3/c1-23-16-6-4-15(5-7-16)21-10-8-20(9-11-21)14-18(22)19-13-17-3-2-12-24-17/h4-7,17H,2-3,8-14H2,1H3,(H,19,22)/t17-/m1/s1. The van der Waals surface area contributed by atoms with Crippen LogP contribution in [-0.4, -0.2) is 69.9 Å². The molecule has 24 heavy (non-hydrogen) atoms. The van der Waals surface area contributed by atoms with Gasteiger partial charge in [0.2, 0.25) is 5.91 Å². The number of nitrogens with one attached hydrogen (secondary N) is 1. The average molecular weight is 333 g/mol. The molecule has 2 fully saturated rings. The van der Waals surface area contributed by atoms with Crippen LogP contribution in [0.1, 0.15) is 12.8 Å². The normalized spacial score (nSPS) is 21.7. The molecular weight excluding hydrogens is 306 g/mol. The van der Waals surface area contributed by atoms with Crippen molar-refractivity contribution in [1.29, 1.82) is 0 Å². The van der Waals surface area contributed by atoms with Gasteiger partial charge in [-0.2, -0.15) is 0 Å². The topological polar surface area (TPSA) is 54.0 Å². The minimum absolute atomic E-state index is 0.100. The molecule has 0 radical (unpaired) electrons. The number of anilines is 1. The van der Waals surface area contributed by atoms with Gasteiger partial charge in [-0.05, 0) is 37.1 Å². The molecule has 0 bridgehead atoms. The van der Waals surface area contributed by atoms with E-state index in [0.29, 0.717) is 13.1 Å². The van der Waals surface area contributed by atoms with Gasteiger partial charge in [0.1, 0.15) is 5.75 Å². The van der Waals surface area contributed by atoms with E-state index in [1.54, 1.807) is 7.11 Å². The van der Waals surface area contributed by atoms with Crippen molar-refractivity contribution >= 4 is 11.6 Å². The number of piperazine rings is 1. The van der Waals surface area contributed by atoms with E-state index in [4.69, 9.17) is 9.47 Å². The van der Waals surface area contributed by atoms with Crippen LogP contribution >= 0.6 is 0 Å². The highest BCUT2D eigenvalue weighted by Gasteiger charge is 2.20. The minimum atomic E-state index is 0.100. The number of carbonyl (C=O) groups is 1. The maximum atomic E-state index is 12.1. The van der Waals surface area contributed by atoms with E-state index < -0.39 is 0 Å². The fraction of sp³-hybridized carbons (Fsp3) is 0.611. The van der Waals surface area contributed by atoms with Gasteiger partial charge in [0.15, 0.2) is 0 Å². The van der Waals surface area contributed by atoms with Gasteiger partial charge < -0.3 is 19.7 Å². The molecule has 1 aromatic rings. The number of nitrogens with zero attached hydrogens (tertiary/aromatic N) is 2. The Hall–Kier alpha value is -1.79. The highest BCUT2D eigenvalue weighted by molar-refractivity contribution is 5.78. The monoisotopic (exact) mass is 333 g/mol. The van der Waals surface area contributed by atoms with E-state index in [1.807, 2.05) is 12.1 Å². The lowest BCUT2D eigenvalue weighted by Crippen LogP contribution is -2.50. The van der Waals surface area contributed by atoms with E-state index in [-0.39, 0.29) is 12.0 Å². The molecule has 6 heteroatoms. The Morgan fingerprint density at radius 3 is 2.62 bits per heavy atom. The zero-order valence-corrected chi connectivity index (χ0v) is 14.4. The first-order valence-electron chi connectivity index (χ1n) is 8.74. The van der Waals surface area contributed by atoms with Crippen LogP contribution in [-0.2, 0) is 9.53 Å². The van der Waals surface area contributed by atoms with Gasteiger partial charge in [0.05, 0.1) is 19.8 Å². The fourth-order valence-electron chi connectivity index (χ4n) is 3.25. The zero-order chi connectivity index (χ0) is 16.8. The molecule has 1 amide bonds. The summed E-state index contributed by atoms with van der Waals surface area (Å²) >= 11 is 0. The van der Waals surface area contributed by atoms with E-state index in [2.05, 4.69) is 27.2 Å². The summed E-state index contributed by atoms with van der Waals surface area (Å²) in [5, 5.41) is 2.99. The second-order valence-electron chi connectivity index (χ2n) is 6.40. The molecule has 132 valence electrons. The van der Waals surface area contributed by atoms with Gasteiger partial charge in [-0.3, -0.25) is 9.69 Å². The smallest absolute Gasteiger partial charge is 0.234 e. The first-order chi connectivity index (χ1) is 11.7. The second-order valence-corrected chi connectivity index (χ2v) is 6.40. The third-order valence-electron chi connectivity index (χ3n) is 4.73. The van der Waals surface area contributed by atoms with Crippen LogP contribution in [0.25, 0.3) is 0 Å². The predicted molar refractivity (Wildman–Crippen MR) is 93.6 cm³/mol. The van der Waals surface area contributed by atoms with Crippen molar-refractivity contribution in [2.24, 2.45) is 0 Å². The molecule has 0 unspecified atom stereocenters. The Labute approximate surface area is 143 Å².